The zero-order valence-corrected chi connectivity index (χ0v) is 12.5. The molecule has 0 bridgehead atoms. The fourth-order valence-electron chi connectivity index (χ4n) is 2.29. The number of hydrogen-bond acceptors (Lipinski definition) is 3. The van der Waals surface area contributed by atoms with E-state index in [9.17, 15) is 5.11 Å². The Hall–Kier alpha value is -0.900. The van der Waals surface area contributed by atoms with Gasteiger partial charge >= 0.3 is 0 Å². The number of nitrogens with zero attached hydrogens (tertiary/aromatic N) is 1. The average Bonchev–Trinajstić information content (AvgIpc) is 2.45. The van der Waals surface area contributed by atoms with Crippen molar-refractivity contribution < 1.29 is 5.11 Å². The van der Waals surface area contributed by atoms with E-state index in [0.717, 1.165) is 32.6 Å². The summed E-state index contributed by atoms with van der Waals surface area (Å²) in [7, 11) is 0. The molecule has 1 aromatic rings. The Labute approximate surface area is 117 Å². The summed E-state index contributed by atoms with van der Waals surface area (Å²) in [5.41, 5.74) is 2.72. The predicted octanol–water partition coefficient (Wildman–Crippen LogP) is 2.04. The van der Waals surface area contributed by atoms with Gasteiger partial charge in [-0.3, -0.25) is 0 Å². The van der Waals surface area contributed by atoms with Crippen LogP contribution in [0.1, 0.15) is 31.9 Å². The molecule has 0 saturated heterocycles. The van der Waals surface area contributed by atoms with Gasteiger partial charge in [-0.2, -0.15) is 0 Å². The Morgan fingerprint density at radius 2 is 1.74 bits per heavy atom. The molecule has 1 rings (SSSR count). The summed E-state index contributed by atoms with van der Waals surface area (Å²) < 4.78 is 0. The number of likely N-dealkylation sites (N-methyl/N-ethyl adjacent to an activating group) is 1. The van der Waals surface area contributed by atoms with Crippen LogP contribution < -0.4 is 5.32 Å². The third-order valence-corrected chi connectivity index (χ3v) is 3.56. The number of nitrogens with one attached hydrogen (secondary N) is 1. The summed E-state index contributed by atoms with van der Waals surface area (Å²) in [6, 6.07) is 8.48. The smallest absolute Gasteiger partial charge is 0.0791 e. The Kier molecular flexibility index (Phi) is 7.72. The number of rotatable bonds is 9. The maximum absolute atomic E-state index is 9.98. The number of hydrogen-bond donors (Lipinski definition) is 2. The summed E-state index contributed by atoms with van der Waals surface area (Å²) in [6.45, 7) is 10.6. The molecule has 0 fully saturated rings. The molecule has 2 N–H and O–H groups in total. The van der Waals surface area contributed by atoms with E-state index in [1.54, 1.807) is 0 Å². The fourth-order valence-corrected chi connectivity index (χ4v) is 2.29. The maximum atomic E-state index is 9.98. The molecule has 19 heavy (non-hydrogen) atoms. The molecule has 108 valence electrons. The lowest BCUT2D eigenvalue weighted by Crippen LogP contribution is -2.38. The number of aliphatic hydroxyl groups is 1. The summed E-state index contributed by atoms with van der Waals surface area (Å²) in [5, 5.41) is 13.3. The number of aliphatic hydroxyl groups excluding tert-OH is 1. The van der Waals surface area contributed by atoms with Gasteiger partial charge in [0.25, 0.3) is 0 Å². The van der Waals surface area contributed by atoms with Crippen molar-refractivity contribution in [3.8, 4) is 0 Å². The third kappa shape index (κ3) is 5.72. The van der Waals surface area contributed by atoms with E-state index in [4.69, 9.17) is 0 Å². The zero-order valence-electron chi connectivity index (χ0n) is 12.5. The topological polar surface area (TPSA) is 35.5 Å². The summed E-state index contributed by atoms with van der Waals surface area (Å²) in [4.78, 5) is 2.24. The summed E-state index contributed by atoms with van der Waals surface area (Å²) in [6.07, 6.45) is 0.758. The second kappa shape index (κ2) is 9.08. The highest BCUT2D eigenvalue weighted by molar-refractivity contribution is 5.26. The van der Waals surface area contributed by atoms with Crippen LogP contribution in [0.25, 0.3) is 0 Å². The van der Waals surface area contributed by atoms with Crippen molar-refractivity contribution in [1.29, 1.82) is 0 Å². The van der Waals surface area contributed by atoms with Gasteiger partial charge in [0.1, 0.15) is 0 Å². The minimum atomic E-state index is -0.298. The lowest BCUT2D eigenvalue weighted by Gasteiger charge is -2.22. The monoisotopic (exact) mass is 264 g/mol. The second-order valence-corrected chi connectivity index (χ2v) is 4.89. The van der Waals surface area contributed by atoms with E-state index in [1.807, 2.05) is 0 Å². The van der Waals surface area contributed by atoms with E-state index in [-0.39, 0.29) is 6.10 Å². The molecule has 3 nitrogen and oxygen atoms in total. The van der Waals surface area contributed by atoms with Crippen molar-refractivity contribution in [2.24, 2.45) is 0 Å². The Bertz CT molecular complexity index is 350. The maximum Gasteiger partial charge on any atom is 0.0791 e. The van der Waals surface area contributed by atoms with Gasteiger partial charge in [0.15, 0.2) is 0 Å². The Morgan fingerprint density at radius 3 is 2.32 bits per heavy atom. The molecule has 0 aromatic heterocycles. The van der Waals surface area contributed by atoms with Gasteiger partial charge in [-0.15, -0.1) is 0 Å². The molecule has 0 aliphatic carbocycles. The zero-order chi connectivity index (χ0) is 14.1. The molecule has 0 amide bonds. The van der Waals surface area contributed by atoms with Gasteiger partial charge < -0.3 is 15.3 Å². The van der Waals surface area contributed by atoms with Crippen LogP contribution in [0, 0.1) is 0 Å². The van der Waals surface area contributed by atoms with Crippen molar-refractivity contribution in [1.82, 2.24) is 10.2 Å². The fraction of sp³-hybridized carbons (Fsp3) is 0.625. The minimum Gasteiger partial charge on any atom is -0.390 e. The van der Waals surface area contributed by atoms with Crippen molar-refractivity contribution in [2.75, 3.05) is 26.2 Å². The minimum absolute atomic E-state index is 0.298. The van der Waals surface area contributed by atoms with Crippen LogP contribution in [-0.2, 0) is 13.0 Å². The van der Waals surface area contributed by atoms with Gasteiger partial charge in [0.2, 0.25) is 0 Å². The largest absolute Gasteiger partial charge is 0.390 e. The van der Waals surface area contributed by atoms with Crippen LogP contribution in [0.5, 0.6) is 0 Å². The van der Waals surface area contributed by atoms with E-state index < -0.39 is 0 Å². The number of benzene rings is 1. The van der Waals surface area contributed by atoms with Gasteiger partial charge in [-0.05, 0) is 30.6 Å². The molecule has 0 aliphatic rings. The van der Waals surface area contributed by atoms with Crippen LogP contribution >= 0.6 is 0 Å². The van der Waals surface area contributed by atoms with Crippen LogP contribution in [-0.4, -0.2) is 42.3 Å². The van der Waals surface area contributed by atoms with Crippen molar-refractivity contribution in [3.05, 3.63) is 35.4 Å². The SMILES string of the molecule is CCc1ccccc1CNCC(O)CN(CC)CC. The number of aryl methyl sites for hydroxylation is 1. The van der Waals surface area contributed by atoms with Crippen molar-refractivity contribution in [3.63, 3.8) is 0 Å². The Morgan fingerprint density at radius 1 is 1.11 bits per heavy atom. The van der Waals surface area contributed by atoms with E-state index in [0.29, 0.717) is 6.54 Å². The van der Waals surface area contributed by atoms with Crippen LogP contribution in [0.4, 0.5) is 0 Å². The van der Waals surface area contributed by atoms with Crippen molar-refractivity contribution >= 4 is 0 Å². The van der Waals surface area contributed by atoms with Gasteiger partial charge in [-0.1, -0.05) is 45.0 Å². The Balaban J connectivity index is 2.33. The molecule has 0 radical (unpaired) electrons. The molecule has 1 unspecified atom stereocenters. The van der Waals surface area contributed by atoms with Gasteiger partial charge in [-0.25, -0.2) is 0 Å². The van der Waals surface area contributed by atoms with Crippen molar-refractivity contribution in [2.45, 2.75) is 39.8 Å². The lowest BCUT2D eigenvalue weighted by molar-refractivity contribution is 0.116. The first-order valence-electron chi connectivity index (χ1n) is 7.39. The molecule has 0 saturated carbocycles. The average molecular weight is 264 g/mol. The lowest BCUT2D eigenvalue weighted by atomic mass is 10.1. The molecule has 3 heteroatoms. The molecule has 0 spiro atoms. The highest BCUT2D eigenvalue weighted by atomic mass is 16.3. The van der Waals surface area contributed by atoms with Gasteiger partial charge in [0.05, 0.1) is 6.10 Å². The highest BCUT2D eigenvalue weighted by Crippen LogP contribution is 2.08. The van der Waals surface area contributed by atoms with E-state index >= 15 is 0 Å². The molecule has 1 aromatic carbocycles. The predicted molar refractivity (Wildman–Crippen MR) is 81.3 cm³/mol. The van der Waals surface area contributed by atoms with Crippen LogP contribution in [0.15, 0.2) is 24.3 Å². The van der Waals surface area contributed by atoms with Crippen LogP contribution in [0.2, 0.25) is 0 Å². The first-order valence-corrected chi connectivity index (χ1v) is 7.39. The standard InChI is InChI=1S/C16H28N2O/c1-4-14-9-7-8-10-15(14)11-17-12-16(19)13-18(5-2)6-3/h7-10,16-17,19H,4-6,11-13H2,1-3H3. The molecule has 0 aliphatic heterocycles. The summed E-state index contributed by atoms with van der Waals surface area (Å²) in [5.74, 6) is 0. The second-order valence-electron chi connectivity index (χ2n) is 4.89. The first-order chi connectivity index (χ1) is 9.21. The first kappa shape index (κ1) is 16.2. The molecule has 0 heterocycles. The normalized spacial score (nSPS) is 12.9. The van der Waals surface area contributed by atoms with Crippen LogP contribution in [0.3, 0.4) is 0 Å². The van der Waals surface area contributed by atoms with Gasteiger partial charge in [0, 0.05) is 19.6 Å². The summed E-state index contributed by atoms with van der Waals surface area (Å²) >= 11 is 0. The molecular formula is C16H28N2O. The highest BCUT2D eigenvalue weighted by Gasteiger charge is 2.08. The van der Waals surface area contributed by atoms with E-state index in [1.165, 1.54) is 11.1 Å². The quantitative estimate of drug-likeness (QED) is 0.716. The molecular weight excluding hydrogens is 236 g/mol. The molecule has 1 atom stereocenters. The third-order valence-electron chi connectivity index (χ3n) is 3.56. The van der Waals surface area contributed by atoms with E-state index in [2.05, 4.69) is 55.3 Å².